The molecule has 36 heavy (non-hydrogen) atoms. The summed E-state index contributed by atoms with van der Waals surface area (Å²) in [6.45, 7) is 19.5. The van der Waals surface area contributed by atoms with Crippen molar-refractivity contribution in [2.45, 2.75) is 87.9 Å². The van der Waals surface area contributed by atoms with Gasteiger partial charge in [0.1, 0.15) is 12.2 Å². The van der Waals surface area contributed by atoms with Crippen molar-refractivity contribution >= 4 is 17.7 Å². The van der Waals surface area contributed by atoms with E-state index in [9.17, 15) is 14.4 Å². The average molecular weight is 495 g/mol. The lowest BCUT2D eigenvalue weighted by molar-refractivity contribution is -0.161. The van der Waals surface area contributed by atoms with Crippen LogP contribution in [-0.4, -0.2) is 29.9 Å². The van der Waals surface area contributed by atoms with Gasteiger partial charge in [-0.05, 0) is 61.3 Å². The van der Waals surface area contributed by atoms with Crippen molar-refractivity contribution in [1.29, 1.82) is 0 Å². The van der Waals surface area contributed by atoms with E-state index >= 15 is 0 Å². The van der Waals surface area contributed by atoms with Gasteiger partial charge >= 0.3 is 11.9 Å². The smallest absolute Gasteiger partial charge is 0.379 e. The Bertz CT molecular complexity index is 1060. The zero-order valence-electron chi connectivity index (χ0n) is 23.5. The third kappa shape index (κ3) is 7.05. The van der Waals surface area contributed by atoms with Crippen LogP contribution in [0.1, 0.15) is 92.3 Å². The van der Waals surface area contributed by atoms with E-state index in [1.165, 1.54) is 0 Å². The van der Waals surface area contributed by atoms with Crippen LogP contribution in [-0.2, 0) is 14.3 Å². The van der Waals surface area contributed by atoms with Crippen LogP contribution in [0.2, 0.25) is 0 Å². The molecule has 0 heterocycles. The van der Waals surface area contributed by atoms with Crippen LogP contribution in [0.4, 0.5) is 0 Å². The monoisotopic (exact) mass is 494 g/mol. The molecule has 5 nitrogen and oxygen atoms in total. The maximum absolute atomic E-state index is 13.2. The van der Waals surface area contributed by atoms with Crippen molar-refractivity contribution in [3.8, 4) is 0 Å². The first-order valence-corrected chi connectivity index (χ1v) is 12.7. The van der Waals surface area contributed by atoms with Gasteiger partial charge in [-0.2, -0.15) is 0 Å². The number of ether oxygens (including phenoxy) is 2. The van der Waals surface area contributed by atoms with Crippen molar-refractivity contribution in [3.63, 3.8) is 0 Å². The molecule has 2 aromatic rings. The van der Waals surface area contributed by atoms with E-state index in [0.29, 0.717) is 17.5 Å². The Balaban J connectivity index is 2.42. The molecule has 0 saturated heterocycles. The highest BCUT2D eigenvalue weighted by Crippen LogP contribution is 2.40. The molecule has 0 aliphatic rings. The molecule has 3 unspecified atom stereocenters. The second-order valence-corrected chi connectivity index (χ2v) is 11.9. The average Bonchev–Trinajstić information content (AvgIpc) is 2.76. The Morgan fingerprint density at radius 2 is 1.25 bits per heavy atom. The summed E-state index contributed by atoms with van der Waals surface area (Å²) in [6, 6.07) is 12.6. The van der Waals surface area contributed by atoms with Crippen LogP contribution >= 0.6 is 0 Å². The third-order valence-corrected chi connectivity index (χ3v) is 6.52. The fourth-order valence-corrected chi connectivity index (χ4v) is 4.97. The minimum Gasteiger partial charge on any atom is -0.458 e. The number of ketones is 1. The lowest BCUT2D eigenvalue weighted by Gasteiger charge is -2.43. The number of carbonyl (C=O) groups excluding carboxylic acids is 3. The van der Waals surface area contributed by atoms with Gasteiger partial charge < -0.3 is 9.47 Å². The van der Waals surface area contributed by atoms with Crippen LogP contribution in [0.5, 0.6) is 0 Å². The Hall–Kier alpha value is -2.95. The van der Waals surface area contributed by atoms with Crippen molar-refractivity contribution in [2.75, 3.05) is 0 Å². The van der Waals surface area contributed by atoms with Gasteiger partial charge in [0.15, 0.2) is 0 Å². The van der Waals surface area contributed by atoms with Crippen LogP contribution in [0, 0.1) is 37.5 Å². The molecule has 0 aliphatic heterocycles. The van der Waals surface area contributed by atoms with Gasteiger partial charge in [-0.15, -0.1) is 0 Å². The van der Waals surface area contributed by atoms with E-state index in [1.54, 1.807) is 24.3 Å². The number of hydrogen-bond acceptors (Lipinski definition) is 5. The minimum atomic E-state index is -0.884. The number of rotatable bonds is 8. The van der Waals surface area contributed by atoms with Crippen molar-refractivity contribution in [3.05, 3.63) is 70.3 Å². The number of benzene rings is 2. The SMILES string of the molecule is CCC(C(OC(=O)C(=O)c1c(C)cc(C)cc1C)C(C)(C)C)C(OC(=O)c1ccccc1)C(C)(C)C. The second kappa shape index (κ2) is 11.4. The first-order chi connectivity index (χ1) is 16.6. The summed E-state index contributed by atoms with van der Waals surface area (Å²) in [7, 11) is 0. The number of Topliss-reactive ketones (excluding diaryl/α,β-unsaturated/α-hetero) is 1. The molecule has 0 fully saturated rings. The predicted octanol–water partition coefficient (Wildman–Crippen LogP) is 7.05. The molecule has 0 amide bonds. The molecule has 2 aromatic carbocycles. The summed E-state index contributed by atoms with van der Waals surface area (Å²) in [5, 5.41) is 0. The van der Waals surface area contributed by atoms with E-state index < -0.39 is 40.8 Å². The normalized spacial score (nSPS) is 14.5. The summed E-state index contributed by atoms with van der Waals surface area (Å²) in [5.41, 5.74) is 2.44. The molecule has 0 radical (unpaired) electrons. The number of carbonyl (C=O) groups is 3. The zero-order valence-corrected chi connectivity index (χ0v) is 23.5. The number of hydrogen-bond donors (Lipinski definition) is 0. The van der Waals surface area contributed by atoms with E-state index in [1.807, 2.05) is 87.4 Å². The topological polar surface area (TPSA) is 69.7 Å². The lowest BCUT2D eigenvalue weighted by atomic mass is 9.71. The summed E-state index contributed by atoms with van der Waals surface area (Å²) in [5.74, 6) is -2.28. The summed E-state index contributed by atoms with van der Waals surface area (Å²) in [4.78, 5) is 39.5. The van der Waals surface area contributed by atoms with Gasteiger partial charge in [0.2, 0.25) is 0 Å². The van der Waals surface area contributed by atoms with Gasteiger partial charge in [-0.25, -0.2) is 9.59 Å². The van der Waals surface area contributed by atoms with Crippen molar-refractivity contribution in [1.82, 2.24) is 0 Å². The molecule has 5 heteroatoms. The minimum absolute atomic E-state index is 0.324. The zero-order chi connectivity index (χ0) is 27.4. The predicted molar refractivity (Wildman–Crippen MR) is 143 cm³/mol. The lowest BCUT2D eigenvalue weighted by Crippen LogP contribution is -2.49. The highest BCUT2D eigenvalue weighted by molar-refractivity contribution is 6.41. The Labute approximate surface area is 216 Å². The van der Waals surface area contributed by atoms with Crippen LogP contribution in [0.25, 0.3) is 0 Å². The van der Waals surface area contributed by atoms with Crippen LogP contribution in [0.15, 0.2) is 42.5 Å². The molecule has 0 spiro atoms. The van der Waals surface area contributed by atoms with Crippen LogP contribution in [0.3, 0.4) is 0 Å². The Morgan fingerprint density at radius 3 is 1.69 bits per heavy atom. The summed E-state index contributed by atoms with van der Waals surface area (Å²) in [6.07, 6.45) is -0.612. The third-order valence-electron chi connectivity index (χ3n) is 6.52. The Kier molecular flexibility index (Phi) is 9.28. The second-order valence-electron chi connectivity index (χ2n) is 11.9. The van der Waals surface area contributed by atoms with Gasteiger partial charge in [-0.3, -0.25) is 4.79 Å². The molecule has 0 aromatic heterocycles. The molecular weight excluding hydrogens is 452 g/mol. The first kappa shape index (κ1) is 29.3. The molecule has 0 aliphatic carbocycles. The van der Waals surface area contributed by atoms with Gasteiger partial charge in [0.25, 0.3) is 5.78 Å². The molecule has 2 rings (SSSR count). The van der Waals surface area contributed by atoms with Gasteiger partial charge in [0.05, 0.1) is 5.56 Å². The first-order valence-electron chi connectivity index (χ1n) is 12.7. The van der Waals surface area contributed by atoms with Gasteiger partial charge in [-0.1, -0.05) is 84.4 Å². The Morgan fingerprint density at radius 1 is 0.778 bits per heavy atom. The van der Waals surface area contributed by atoms with E-state index in [0.717, 1.165) is 16.7 Å². The van der Waals surface area contributed by atoms with E-state index in [4.69, 9.17) is 9.47 Å². The highest BCUT2D eigenvalue weighted by Gasteiger charge is 2.45. The fourth-order valence-electron chi connectivity index (χ4n) is 4.97. The van der Waals surface area contributed by atoms with Crippen molar-refractivity contribution < 1.29 is 23.9 Å². The molecular formula is C31H42O5. The summed E-state index contributed by atoms with van der Waals surface area (Å²) >= 11 is 0. The molecule has 3 atom stereocenters. The fraction of sp³-hybridized carbons (Fsp3) is 0.516. The largest absolute Gasteiger partial charge is 0.458 e. The number of esters is 2. The number of aryl methyl sites for hydroxylation is 3. The quantitative estimate of drug-likeness (QED) is 0.223. The summed E-state index contributed by atoms with van der Waals surface area (Å²) < 4.78 is 12.1. The molecule has 0 N–H and O–H groups in total. The van der Waals surface area contributed by atoms with Crippen molar-refractivity contribution in [2.24, 2.45) is 16.7 Å². The maximum atomic E-state index is 13.2. The van der Waals surface area contributed by atoms with E-state index in [-0.39, 0.29) is 5.92 Å². The standard InChI is InChI=1S/C31H42O5/c1-11-23(26(30(5,6)7)35-28(33)22-15-13-12-14-16-22)27(31(8,9)10)36-29(34)25(32)24-20(3)17-19(2)18-21(24)4/h12-18,23,26-27H,11H2,1-10H3. The van der Waals surface area contributed by atoms with E-state index in [2.05, 4.69) is 0 Å². The van der Waals surface area contributed by atoms with Crippen LogP contribution < -0.4 is 0 Å². The highest BCUT2D eigenvalue weighted by atomic mass is 16.6. The maximum Gasteiger partial charge on any atom is 0.379 e. The van der Waals surface area contributed by atoms with Gasteiger partial charge in [0, 0.05) is 11.5 Å². The molecule has 0 bridgehead atoms. The molecule has 196 valence electrons. The molecule has 0 saturated carbocycles.